The SMILES string of the molecule is CN(CCN1CCCC1=O)CC(O)COc1cccc2ccccc12. The summed E-state index contributed by atoms with van der Waals surface area (Å²) in [4.78, 5) is 15.6. The Balaban J connectivity index is 1.45. The van der Waals surface area contributed by atoms with Crippen molar-refractivity contribution >= 4 is 16.7 Å². The molecule has 1 N–H and O–H groups in total. The third-order valence-electron chi connectivity index (χ3n) is 4.63. The molecule has 1 atom stereocenters. The molecule has 1 saturated heterocycles. The van der Waals surface area contributed by atoms with Gasteiger partial charge >= 0.3 is 0 Å². The summed E-state index contributed by atoms with van der Waals surface area (Å²) >= 11 is 0. The Labute approximate surface area is 148 Å². The van der Waals surface area contributed by atoms with Crippen molar-refractivity contribution in [2.75, 3.05) is 39.8 Å². The molecule has 0 radical (unpaired) electrons. The fourth-order valence-corrected chi connectivity index (χ4v) is 3.24. The van der Waals surface area contributed by atoms with E-state index in [4.69, 9.17) is 4.74 Å². The number of likely N-dealkylation sites (tertiary alicyclic amines) is 1. The minimum Gasteiger partial charge on any atom is -0.490 e. The smallest absolute Gasteiger partial charge is 0.222 e. The van der Waals surface area contributed by atoms with Crippen molar-refractivity contribution in [3.05, 3.63) is 42.5 Å². The van der Waals surface area contributed by atoms with E-state index in [-0.39, 0.29) is 12.5 Å². The van der Waals surface area contributed by atoms with Crippen LogP contribution in [0.4, 0.5) is 0 Å². The summed E-state index contributed by atoms with van der Waals surface area (Å²) in [5.74, 6) is 1.04. The van der Waals surface area contributed by atoms with Crippen LogP contribution in [0.3, 0.4) is 0 Å². The lowest BCUT2D eigenvalue weighted by Crippen LogP contribution is -2.38. The molecule has 0 spiro atoms. The molecule has 1 unspecified atom stereocenters. The molecule has 5 nitrogen and oxygen atoms in total. The molecule has 2 aromatic rings. The number of ether oxygens (including phenoxy) is 1. The van der Waals surface area contributed by atoms with Gasteiger partial charge in [0, 0.05) is 38.0 Å². The van der Waals surface area contributed by atoms with Crippen LogP contribution in [0.5, 0.6) is 5.75 Å². The number of benzene rings is 2. The van der Waals surface area contributed by atoms with E-state index in [1.165, 1.54) is 0 Å². The molecule has 1 fully saturated rings. The number of carbonyl (C=O) groups excluding carboxylic acids is 1. The van der Waals surface area contributed by atoms with Gasteiger partial charge in [-0.1, -0.05) is 36.4 Å². The molecule has 134 valence electrons. The topological polar surface area (TPSA) is 53.0 Å². The quantitative estimate of drug-likeness (QED) is 0.798. The molecule has 5 heteroatoms. The molecule has 0 aromatic heterocycles. The van der Waals surface area contributed by atoms with Crippen molar-refractivity contribution in [2.45, 2.75) is 18.9 Å². The van der Waals surface area contributed by atoms with Gasteiger partial charge in [0.05, 0.1) is 0 Å². The van der Waals surface area contributed by atoms with Gasteiger partial charge in [0.15, 0.2) is 0 Å². The molecule has 1 heterocycles. The predicted octanol–water partition coefficient (Wildman–Crippen LogP) is 2.13. The van der Waals surface area contributed by atoms with E-state index >= 15 is 0 Å². The lowest BCUT2D eigenvalue weighted by atomic mass is 10.1. The molecule has 1 aliphatic heterocycles. The van der Waals surface area contributed by atoms with Crippen molar-refractivity contribution in [3.63, 3.8) is 0 Å². The van der Waals surface area contributed by atoms with Crippen LogP contribution in [0.2, 0.25) is 0 Å². The second-order valence-electron chi connectivity index (χ2n) is 6.69. The third-order valence-corrected chi connectivity index (χ3v) is 4.63. The summed E-state index contributed by atoms with van der Waals surface area (Å²) < 4.78 is 5.84. The van der Waals surface area contributed by atoms with E-state index in [0.29, 0.717) is 13.0 Å². The number of amides is 1. The maximum Gasteiger partial charge on any atom is 0.222 e. The Bertz CT molecular complexity index is 714. The average Bonchev–Trinajstić information content (AvgIpc) is 3.03. The van der Waals surface area contributed by atoms with Crippen LogP contribution in [-0.2, 0) is 4.79 Å². The minimum absolute atomic E-state index is 0.244. The number of carbonyl (C=O) groups is 1. The van der Waals surface area contributed by atoms with Gasteiger partial charge in [0.1, 0.15) is 18.5 Å². The number of aliphatic hydroxyl groups excluding tert-OH is 1. The van der Waals surface area contributed by atoms with Crippen LogP contribution in [0, 0.1) is 0 Å². The number of hydrogen-bond acceptors (Lipinski definition) is 4. The summed E-state index contributed by atoms with van der Waals surface area (Å²) in [6.07, 6.45) is 1.06. The minimum atomic E-state index is -0.571. The van der Waals surface area contributed by atoms with Gasteiger partial charge in [0.25, 0.3) is 0 Å². The van der Waals surface area contributed by atoms with Crippen LogP contribution in [0.25, 0.3) is 10.8 Å². The van der Waals surface area contributed by atoms with Gasteiger partial charge in [-0.15, -0.1) is 0 Å². The van der Waals surface area contributed by atoms with Crippen LogP contribution in [0.15, 0.2) is 42.5 Å². The Morgan fingerprint density at radius 3 is 2.84 bits per heavy atom. The Morgan fingerprint density at radius 2 is 2.04 bits per heavy atom. The fraction of sp³-hybridized carbons (Fsp3) is 0.450. The van der Waals surface area contributed by atoms with Gasteiger partial charge in [0.2, 0.25) is 5.91 Å². The molecule has 0 bridgehead atoms. The Kier molecular flexibility index (Phi) is 5.89. The van der Waals surface area contributed by atoms with E-state index in [1.807, 2.05) is 59.3 Å². The summed E-state index contributed by atoms with van der Waals surface area (Å²) in [5, 5.41) is 12.4. The highest BCUT2D eigenvalue weighted by molar-refractivity contribution is 5.88. The first-order chi connectivity index (χ1) is 12.1. The van der Waals surface area contributed by atoms with Crippen LogP contribution >= 0.6 is 0 Å². The maximum absolute atomic E-state index is 11.6. The zero-order chi connectivity index (χ0) is 17.6. The number of likely N-dealkylation sites (N-methyl/N-ethyl adjacent to an activating group) is 1. The summed E-state index contributed by atoms with van der Waals surface area (Å²) in [6, 6.07) is 14.0. The molecule has 25 heavy (non-hydrogen) atoms. The van der Waals surface area contributed by atoms with Crippen molar-refractivity contribution in [2.24, 2.45) is 0 Å². The fourth-order valence-electron chi connectivity index (χ4n) is 3.24. The molecule has 3 rings (SSSR count). The maximum atomic E-state index is 11.6. The molecule has 1 amide bonds. The molecular formula is C20H26N2O3. The predicted molar refractivity (Wildman–Crippen MR) is 98.8 cm³/mol. The Morgan fingerprint density at radius 1 is 1.24 bits per heavy atom. The first-order valence-corrected chi connectivity index (χ1v) is 8.88. The van der Waals surface area contributed by atoms with E-state index in [1.54, 1.807) is 0 Å². The van der Waals surface area contributed by atoms with Crippen molar-refractivity contribution < 1.29 is 14.6 Å². The summed E-state index contributed by atoms with van der Waals surface area (Å²) in [7, 11) is 1.96. The number of rotatable bonds is 8. The number of fused-ring (bicyclic) bond motifs is 1. The highest BCUT2D eigenvalue weighted by Gasteiger charge is 2.20. The van der Waals surface area contributed by atoms with Gasteiger partial charge in [-0.05, 0) is 24.9 Å². The lowest BCUT2D eigenvalue weighted by molar-refractivity contribution is -0.127. The number of hydrogen-bond donors (Lipinski definition) is 1. The first kappa shape index (κ1) is 17.7. The van der Waals surface area contributed by atoms with Gasteiger partial charge < -0.3 is 19.6 Å². The van der Waals surface area contributed by atoms with Crippen LogP contribution in [-0.4, -0.2) is 66.8 Å². The Hall–Kier alpha value is -2.11. The normalized spacial score (nSPS) is 16.0. The third kappa shape index (κ3) is 4.71. The van der Waals surface area contributed by atoms with Crippen molar-refractivity contribution in [3.8, 4) is 5.75 Å². The second kappa shape index (κ2) is 8.32. The summed E-state index contributed by atoms with van der Waals surface area (Å²) in [6.45, 7) is 3.12. The van der Waals surface area contributed by atoms with E-state index in [9.17, 15) is 9.90 Å². The molecular weight excluding hydrogens is 316 g/mol. The monoisotopic (exact) mass is 342 g/mol. The molecule has 1 aliphatic rings. The first-order valence-electron chi connectivity index (χ1n) is 8.88. The highest BCUT2D eigenvalue weighted by atomic mass is 16.5. The van der Waals surface area contributed by atoms with Crippen molar-refractivity contribution in [1.29, 1.82) is 0 Å². The van der Waals surface area contributed by atoms with Gasteiger partial charge in [-0.3, -0.25) is 4.79 Å². The second-order valence-corrected chi connectivity index (χ2v) is 6.69. The summed E-state index contributed by atoms with van der Waals surface area (Å²) in [5.41, 5.74) is 0. The average molecular weight is 342 g/mol. The molecule has 0 saturated carbocycles. The zero-order valence-corrected chi connectivity index (χ0v) is 14.7. The van der Waals surface area contributed by atoms with Crippen LogP contribution in [0.1, 0.15) is 12.8 Å². The van der Waals surface area contributed by atoms with E-state index in [0.717, 1.165) is 42.6 Å². The number of aliphatic hydroxyl groups is 1. The van der Waals surface area contributed by atoms with Crippen molar-refractivity contribution in [1.82, 2.24) is 9.80 Å². The zero-order valence-electron chi connectivity index (χ0n) is 14.7. The lowest BCUT2D eigenvalue weighted by Gasteiger charge is -2.24. The standard InChI is InChI=1S/C20H26N2O3/c1-21(12-13-22-11-5-10-20(22)24)14-17(23)15-25-19-9-4-7-16-6-2-3-8-18(16)19/h2-4,6-9,17,23H,5,10-15H2,1H3. The highest BCUT2D eigenvalue weighted by Crippen LogP contribution is 2.25. The van der Waals surface area contributed by atoms with Gasteiger partial charge in [-0.25, -0.2) is 0 Å². The molecule has 2 aromatic carbocycles. The molecule has 0 aliphatic carbocycles. The largest absolute Gasteiger partial charge is 0.490 e. The van der Waals surface area contributed by atoms with Gasteiger partial charge in [-0.2, -0.15) is 0 Å². The van der Waals surface area contributed by atoms with Crippen LogP contribution < -0.4 is 4.74 Å². The number of nitrogens with zero attached hydrogens (tertiary/aromatic N) is 2. The van der Waals surface area contributed by atoms with E-state index < -0.39 is 6.10 Å². The van der Waals surface area contributed by atoms with E-state index in [2.05, 4.69) is 0 Å².